The van der Waals surface area contributed by atoms with E-state index in [1.165, 1.54) is 29.0 Å². The van der Waals surface area contributed by atoms with Crippen LogP contribution in [0.25, 0.3) is 0 Å². The van der Waals surface area contributed by atoms with Gasteiger partial charge in [0.1, 0.15) is 17.4 Å². The Morgan fingerprint density at radius 1 is 1.06 bits per heavy atom. The third-order valence-corrected chi connectivity index (χ3v) is 5.42. The predicted octanol–water partition coefficient (Wildman–Crippen LogP) is 3.81. The molecule has 3 amide bonds. The Kier molecular flexibility index (Phi) is 7.92. The second kappa shape index (κ2) is 10.7. The van der Waals surface area contributed by atoms with Gasteiger partial charge in [-0.15, -0.1) is 13.2 Å². The highest BCUT2D eigenvalue weighted by Crippen LogP contribution is 2.24. The van der Waals surface area contributed by atoms with Crippen molar-refractivity contribution >= 4 is 23.4 Å². The van der Waals surface area contributed by atoms with Crippen LogP contribution >= 0.6 is 0 Å². The number of carbonyl (C=O) groups is 3. The zero-order chi connectivity index (χ0) is 25.8. The monoisotopic (exact) mass is 499 g/mol. The fourth-order valence-corrected chi connectivity index (χ4v) is 3.71. The van der Waals surface area contributed by atoms with Crippen molar-refractivity contribution < 1.29 is 41.1 Å². The normalized spacial score (nSPS) is 14.4. The Morgan fingerprint density at radius 3 is 2.26 bits per heavy atom. The van der Waals surface area contributed by atoms with Crippen molar-refractivity contribution in [2.24, 2.45) is 5.92 Å². The van der Waals surface area contributed by atoms with Gasteiger partial charge in [-0.2, -0.15) is 0 Å². The van der Waals surface area contributed by atoms with Gasteiger partial charge in [-0.25, -0.2) is 8.78 Å². The fraction of sp³-hybridized carbons (Fsp3) is 0.348. The first-order valence-electron chi connectivity index (χ1n) is 10.6. The summed E-state index contributed by atoms with van der Waals surface area (Å²) in [7, 11) is 1.44. The minimum Gasteiger partial charge on any atom is -0.406 e. The molecule has 1 aliphatic rings. The molecule has 1 aliphatic heterocycles. The summed E-state index contributed by atoms with van der Waals surface area (Å²) in [6.07, 6.45) is -4.21. The molecule has 12 heteroatoms. The molecule has 0 bridgehead atoms. The average Bonchev–Trinajstić information content (AvgIpc) is 2.78. The molecular formula is C23H22F5N3O4. The molecule has 1 saturated heterocycles. The number of rotatable bonds is 6. The van der Waals surface area contributed by atoms with Crippen LogP contribution < -0.4 is 10.1 Å². The van der Waals surface area contributed by atoms with Gasteiger partial charge in [0.2, 0.25) is 11.8 Å². The van der Waals surface area contributed by atoms with Gasteiger partial charge in [0, 0.05) is 37.8 Å². The molecule has 2 aromatic rings. The SMILES string of the molecule is CN(CC(=O)Nc1ccc(OC(F)(F)F)cc1)C(=O)C1CCN(C(=O)c2ccc(F)cc2F)CC1. The van der Waals surface area contributed by atoms with E-state index in [2.05, 4.69) is 10.1 Å². The van der Waals surface area contributed by atoms with Crippen molar-refractivity contribution in [2.45, 2.75) is 19.2 Å². The quantitative estimate of drug-likeness (QED) is 0.614. The van der Waals surface area contributed by atoms with Crippen molar-refractivity contribution in [1.82, 2.24) is 9.80 Å². The molecule has 188 valence electrons. The number of piperidine rings is 1. The topological polar surface area (TPSA) is 79.0 Å². The summed E-state index contributed by atoms with van der Waals surface area (Å²) in [6, 6.07) is 7.27. The van der Waals surface area contributed by atoms with E-state index in [1.807, 2.05) is 0 Å². The molecule has 0 aliphatic carbocycles. The minimum atomic E-state index is -4.82. The number of benzene rings is 2. The van der Waals surface area contributed by atoms with Crippen LogP contribution in [0.2, 0.25) is 0 Å². The average molecular weight is 499 g/mol. The Labute approximate surface area is 197 Å². The highest BCUT2D eigenvalue weighted by atomic mass is 19.4. The zero-order valence-electron chi connectivity index (χ0n) is 18.6. The summed E-state index contributed by atoms with van der Waals surface area (Å²) in [4.78, 5) is 40.1. The van der Waals surface area contributed by atoms with Crippen molar-refractivity contribution in [3.05, 3.63) is 59.7 Å². The molecule has 7 nitrogen and oxygen atoms in total. The standard InChI is InChI=1S/C23H22F5N3O4/c1-30(13-20(32)29-16-3-5-17(6-4-16)35-23(26,27)28)21(33)14-8-10-31(11-9-14)22(34)18-7-2-15(24)12-19(18)25/h2-7,12,14H,8-11,13H2,1H3,(H,29,32). The number of hydrogen-bond acceptors (Lipinski definition) is 4. The fourth-order valence-electron chi connectivity index (χ4n) is 3.71. The summed E-state index contributed by atoms with van der Waals surface area (Å²) in [6.45, 7) is 0.0937. The van der Waals surface area contributed by atoms with Crippen LogP contribution in [-0.2, 0) is 9.59 Å². The smallest absolute Gasteiger partial charge is 0.406 e. The van der Waals surface area contributed by atoms with E-state index >= 15 is 0 Å². The molecule has 0 aromatic heterocycles. The number of likely N-dealkylation sites (tertiary alicyclic amines) is 1. The van der Waals surface area contributed by atoms with Gasteiger partial charge in [0.05, 0.1) is 12.1 Å². The van der Waals surface area contributed by atoms with Gasteiger partial charge in [-0.1, -0.05) is 0 Å². The lowest BCUT2D eigenvalue weighted by Gasteiger charge is -2.33. The zero-order valence-corrected chi connectivity index (χ0v) is 18.6. The number of anilines is 1. The maximum atomic E-state index is 13.9. The van der Waals surface area contributed by atoms with Crippen molar-refractivity contribution in [2.75, 3.05) is 32.0 Å². The van der Waals surface area contributed by atoms with Crippen molar-refractivity contribution in [1.29, 1.82) is 0 Å². The second-order valence-corrected chi connectivity index (χ2v) is 8.01. The lowest BCUT2D eigenvalue weighted by molar-refractivity contribution is -0.274. The molecule has 1 fully saturated rings. The number of likely N-dealkylation sites (N-methyl/N-ethyl adjacent to an activating group) is 1. The minimum absolute atomic E-state index is 0.193. The van der Waals surface area contributed by atoms with E-state index in [1.54, 1.807) is 0 Å². The summed E-state index contributed by atoms with van der Waals surface area (Å²) in [5.41, 5.74) is -0.0202. The number of amides is 3. The Hall–Kier alpha value is -3.70. The summed E-state index contributed by atoms with van der Waals surface area (Å²) in [5.74, 6) is -4.08. The summed E-state index contributed by atoms with van der Waals surface area (Å²) in [5, 5.41) is 2.49. The second-order valence-electron chi connectivity index (χ2n) is 8.01. The molecule has 35 heavy (non-hydrogen) atoms. The number of hydrogen-bond donors (Lipinski definition) is 1. The van der Waals surface area contributed by atoms with Crippen LogP contribution in [0.15, 0.2) is 42.5 Å². The Morgan fingerprint density at radius 2 is 1.69 bits per heavy atom. The molecule has 3 rings (SSSR count). The van der Waals surface area contributed by atoms with Crippen molar-refractivity contribution in [3.8, 4) is 5.75 Å². The molecule has 0 spiro atoms. The Balaban J connectivity index is 1.47. The molecule has 0 unspecified atom stereocenters. The largest absolute Gasteiger partial charge is 0.573 e. The Bertz CT molecular complexity index is 1080. The number of carbonyl (C=O) groups excluding carboxylic acids is 3. The van der Waals surface area contributed by atoms with E-state index in [0.29, 0.717) is 18.9 Å². The predicted molar refractivity (Wildman–Crippen MR) is 114 cm³/mol. The maximum absolute atomic E-state index is 13.9. The maximum Gasteiger partial charge on any atom is 0.573 e. The molecule has 0 saturated carbocycles. The van der Waals surface area contributed by atoms with Gasteiger partial charge in [0.15, 0.2) is 0 Å². The molecule has 1 N–H and O–H groups in total. The highest BCUT2D eigenvalue weighted by molar-refractivity contribution is 5.95. The van der Waals surface area contributed by atoms with Gasteiger partial charge in [0.25, 0.3) is 5.91 Å². The first-order valence-corrected chi connectivity index (χ1v) is 10.6. The van der Waals surface area contributed by atoms with Crippen LogP contribution in [-0.4, -0.2) is 60.6 Å². The van der Waals surface area contributed by atoms with Crippen LogP contribution in [0, 0.1) is 17.6 Å². The van der Waals surface area contributed by atoms with Gasteiger partial charge in [-0.05, 0) is 49.2 Å². The lowest BCUT2D eigenvalue weighted by atomic mass is 9.95. The number of alkyl halides is 3. The van der Waals surface area contributed by atoms with Gasteiger partial charge >= 0.3 is 6.36 Å². The highest BCUT2D eigenvalue weighted by Gasteiger charge is 2.32. The molecule has 2 aromatic carbocycles. The third kappa shape index (κ3) is 7.14. The van der Waals surface area contributed by atoms with Gasteiger partial charge in [-0.3, -0.25) is 14.4 Å². The van der Waals surface area contributed by atoms with Crippen LogP contribution in [0.5, 0.6) is 5.75 Å². The van der Waals surface area contributed by atoms with E-state index < -0.39 is 41.5 Å². The summed E-state index contributed by atoms with van der Waals surface area (Å²) < 4.78 is 67.4. The lowest BCUT2D eigenvalue weighted by Crippen LogP contribution is -2.45. The van der Waals surface area contributed by atoms with Crippen LogP contribution in [0.1, 0.15) is 23.2 Å². The number of halogens is 5. The molecule has 0 radical (unpaired) electrons. The summed E-state index contributed by atoms with van der Waals surface area (Å²) >= 11 is 0. The number of ether oxygens (including phenoxy) is 1. The van der Waals surface area contributed by atoms with Crippen LogP contribution in [0.4, 0.5) is 27.6 Å². The molecule has 0 atom stereocenters. The van der Waals surface area contributed by atoms with E-state index in [4.69, 9.17) is 0 Å². The number of nitrogens with one attached hydrogen (secondary N) is 1. The number of nitrogens with zero attached hydrogens (tertiary/aromatic N) is 2. The first-order chi connectivity index (χ1) is 16.4. The first kappa shape index (κ1) is 25.9. The van der Waals surface area contributed by atoms with E-state index in [0.717, 1.165) is 24.3 Å². The van der Waals surface area contributed by atoms with Gasteiger partial charge < -0.3 is 19.9 Å². The third-order valence-electron chi connectivity index (χ3n) is 5.42. The molecule has 1 heterocycles. The van der Waals surface area contributed by atoms with E-state index in [9.17, 15) is 36.3 Å². The van der Waals surface area contributed by atoms with Crippen molar-refractivity contribution in [3.63, 3.8) is 0 Å². The molecular weight excluding hydrogens is 477 g/mol. The van der Waals surface area contributed by atoms with E-state index in [-0.39, 0.29) is 36.8 Å². The van der Waals surface area contributed by atoms with Crippen LogP contribution in [0.3, 0.4) is 0 Å².